The molecular weight excluding hydrogens is 292 g/mol. The topological polar surface area (TPSA) is 82.4 Å². The minimum atomic E-state index is -0.535. The third kappa shape index (κ3) is 3.48. The van der Waals surface area contributed by atoms with E-state index in [2.05, 4.69) is 26.8 Å². The van der Waals surface area contributed by atoms with Crippen molar-refractivity contribution in [2.45, 2.75) is 25.9 Å². The van der Waals surface area contributed by atoms with E-state index < -0.39 is 6.10 Å². The number of aryl methyl sites for hydroxylation is 1. The van der Waals surface area contributed by atoms with Crippen molar-refractivity contribution in [2.24, 2.45) is 5.92 Å². The molecule has 122 valence electrons. The Hall–Kier alpha value is -2.05. The standard InChI is InChI=1S/C17H22N4O2/c1-2-13-9-16(21-8-6-12(11-22)15(23)10-21)20-17(19-13)14-5-3-4-7-18-14/h3-5,7,9,12,15,22-23H,2,6,8,10-11H2,1H3/t12-,15+/m1/s1. The zero-order valence-corrected chi connectivity index (χ0v) is 13.3. The molecule has 0 unspecified atom stereocenters. The van der Waals surface area contributed by atoms with E-state index in [1.54, 1.807) is 6.20 Å². The molecule has 0 radical (unpaired) electrons. The summed E-state index contributed by atoms with van der Waals surface area (Å²) in [4.78, 5) is 15.6. The molecule has 2 N–H and O–H groups in total. The van der Waals surface area contributed by atoms with E-state index in [0.29, 0.717) is 12.4 Å². The normalized spacial score (nSPS) is 21.4. The Morgan fingerprint density at radius 1 is 1.30 bits per heavy atom. The molecule has 6 nitrogen and oxygen atoms in total. The van der Waals surface area contributed by atoms with Gasteiger partial charge in [-0.3, -0.25) is 4.98 Å². The zero-order chi connectivity index (χ0) is 16.2. The summed E-state index contributed by atoms with van der Waals surface area (Å²) < 4.78 is 0. The Labute approximate surface area is 135 Å². The van der Waals surface area contributed by atoms with E-state index >= 15 is 0 Å². The first kappa shape index (κ1) is 15.8. The summed E-state index contributed by atoms with van der Waals surface area (Å²) in [6.45, 7) is 3.33. The van der Waals surface area contributed by atoms with Crippen molar-refractivity contribution in [1.82, 2.24) is 15.0 Å². The minimum Gasteiger partial charge on any atom is -0.396 e. The maximum absolute atomic E-state index is 10.2. The van der Waals surface area contributed by atoms with Gasteiger partial charge in [0.05, 0.1) is 6.10 Å². The van der Waals surface area contributed by atoms with E-state index in [1.165, 1.54) is 0 Å². The third-order valence-electron chi connectivity index (χ3n) is 4.30. The Balaban J connectivity index is 1.90. The summed E-state index contributed by atoms with van der Waals surface area (Å²) >= 11 is 0. The highest BCUT2D eigenvalue weighted by atomic mass is 16.3. The molecule has 0 aromatic carbocycles. The van der Waals surface area contributed by atoms with Crippen LogP contribution in [0.15, 0.2) is 30.5 Å². The number of aliphatic hydroxyl groups excluding tert-OH is 2. The molecule has 6 heteroatoms. The van der Waals surface area contributed by atoms with Crippen LogP contribution in [-0.2, 0) is 6.42 Å². The summed E-state index contributed by atoms with van der Waals surface area (Å²) in [5.41, 5.74) is 1.70. The van der Waals surface area contributed by atoms with Crippen molar-refractivity contribution < 1.29 is 10.2 Å². The summed E-state index contributed by atoms with van der Waals surface area (Å²) in [6, 6.07) is 7.65. The van der Waals surface area contributed by atoms with Gasteiger partial charge in [-0.1, -0.05) is 13.0 Å². The molecule has 0 bridgehead atoms. The molecule has 3 heterocycles. The van der Waals surface area contributed by atoms with E-state index in [9.17, 15) is 10.2 Å². The van der Waals surface area contributed by atoms with Crippen LogP contribution in [0.25, 0.3) is 11.5 Å². The lowest BCUT2D eigenvalue weighted by Gasteiger charge is -2.36. The Morgan fingerprint density at radius 3 is 2.83 bits per heavy atom. The minimum absolute atomic E-state index is 0.0260. The van der Waals surface area contributed by atoms with Gasteiger partial charge in [-0.15, -0.1) is 0 Å². The van der Waals surface area contributed by atoms with Crippen LogP contribution < -0.4 is 4.90 Å². The molecule has 2 atom stereocenters. The number of β-amino-alcohol motifs (C(OH)–C–C–N with tert-alkyl or cyclic N) is 1. The van der Waals surface area contributed by atoms with Gasteiger partial charge in [-0.2, -0.15) is 0 Å². The van der Waals surface area contributed by atoms with Gasteiger partial charge in [-0.05, 0) is 25.0 Å². The zero-order valence-electron chi connectivity index (χ0n) is 13.3. The Bertz CT molecular complexity index is 650. The van der Waals surface area contributed by atoms with Crippen molar-refractivity contribution in [1.29, 1.82) is 0 Å². The summed E-state index contributed by atoms with van der Waals surface area (Å²) in [5, 5.41) is 19.4. The number of hydrogen-bond donors (Lipinski definition) is 2. The maximum atomic E-state index is 10.2. The molecule has 2 aromatic rings. The highest BCUT2D eigenvalue weighted by molar-refractivity contribution is 5.54. The van der Waals surface area contributed by atoms with E-state index in [4.69, 9.17) is 0 Å². The number of aliphatic hydroxyl groups is 2. The molecule has 0 aliphatic carbocycles. The largest absolute Gasteiger partial charge is 0.396 e. The van der Waals surface area contributed by atoms with Gasteiger partial charge in [0.15, 0.2) is 5.82 Å². The van der Waals surface area contributed by atoms with Crippen LogP contribution in [0.5, 0.6) is 0 Å². The quantitative estimate of drug-likeness (QED) is 0.885. The van der Waals surface area contributed by atoms with Crippen molar-refractivity contribution in [3.63, 3.8) is 0 Å². The molecule has 0 spiro atoms. The maximum Gasteiger partial charge on any atom is 0.180 e. The molecule has 0 amide bonds. The van der Waals surface area contributed by atoms with Gasteiger partial charge >= 0.3 is 0 Å². The van der Waals surface area contributed by atoms with Crippen molar-refractivity contribution in [3.8, 4) is 11.5 Å². The van der Waals surface area contributed by atoms with Crippen molar-refractivity contribution in [2.75, 3.05) is 24.6 Å². The number of piperidine rings is 1. The number of rotatable bonds is 4. The van der Waals surface area contributed by atoms with Gasteiger partial charge in [0.1, 0.15) is 11.5 Å². The Kier molecular flexibility index (Phi) is 4.83. The van der Waals surface area contributed by atoms with Crippen molar-refractivity contribution in [3.05, 3.63) is 36.2 Å². The van der Waals surface area contributed by atoms with E-state index in [-0.39, 0.29) is 12.5 Å². The molecule has 1 aliphatic heterocycles. The molecule has 3 rings (SSSR count). The van der Waals surface area contributed by atoms with Gasteiger partial charge in [0.2, 0.25) is 0 Å². The number of pyridine rings is 1. The van der Waals surface area contributed by atoms with Crippen LogP contribution in [0.4, 0.5) is 5.82 Å². The van der Waals surface area contributed by atoms with Gasteiger partial charge < -0.3 is 15.1 Å². The average Bonchev–Trinajstić information content (AvgIpc) is 2.62. The lowest BCUT2D eigenvalue weighted by atomic mass is 9.95. The van der Waals surface area contributed by atoms with Crippen molar-refractivity contribution >= 4 is 5.82 Å². The predicted octanol–water partition coefficient (Wildman–Crippen LogP) is 1.28. The van der Waals surface area contributed by atoms with Crippen LogP contribution in [0.1, 0.15) is 19.0 Å². The number of aromatic nitrogens is 3. The molecule has 23 heavy (non-hydrogen) atoms. The van der Waals surface area contributed by atoms with Crippen LogP contribution >= 0.6 is 0 Å². The second kappa shape index (κ2) is 7.02. The molecule has 2 aromatic heterocycles. The highest BCUT2D eigenvalue weighted by Crippen LogP contribution is 2.24. The Morgan fingerprint density at radius 2 is 2.17 bits per heavy atom. The summed E-state index contributed by atoms with van der Waals surface area (Å²) in [5.74, 6) is 1.38. The monoisotopic (exact) mass is 314 g/mol. The second-order valence-electron chi connectivity index (χ2n) is 5.85. The molecule has 1 fully saturated rings. The van der Waals surface area contributed by atoms with Gasteiger partial charge in [0, 0.05) is 43.6 Å². The fourth-order valence-electron chi connectivity index (χ4n) is 2.84. The molecule has 1 saturated heterocycles. The fourth-order valence-corrected chi connectivity index (χ4v) is 2.84. The highest BCUT2D eigenvalue weighted by Gasteiger charge is 2.28. The van der Waals surface area contributed by atoms with Gasteiger partial charge in [0.25, 0.3) is 0 Å². The number of anilines is 1. The number of hydrogen-bond acceptors (Lipinski definition) is 6. The summed E-state index contributed by atoms with van der Waals surface area (Å²) in [7, 11) is 0. The second-order valence-corrected chi connectivity index (χ2v) is 5.85. The van der Waals surface area contributed by atoms with Crippen LogP contribution in [0, 0.1) is 5.92 Å². The van der Waals surface area contributed by atoms with Crippen LogP contribution in [0.3, 0.4) is 0 Å². The average molecular weight is 314 g/mol. The van der Waals surface area contributed by atoms with Gasteiger partial charge in [-0.25, -0.2) is 9.97 Å². The van der Waals surface area contributed by atoms with Crippen LogP contribution in [0.2, 0.25) is 0 Å². The number of nitrogens with zero attached hydrogens (tertiary/aromatic N) is 4. The molecular formula is C17H22N4O2. The van der Waals surface area contributed by atoms with E-state index in [1.807, 2.05) is 24.3 Å². The first-order valence-electron chi connectivity index (χ1n) is 8.04. The SMILES string of the molecule is CCc1cc(N2CC[C@H](CO)[C@@H](O)C2)nc(-c2ccccn2)n1. The first-order valence-corrected chi connectivity index (χ1v) is 8.04. The predicted molar refractivity (Wildman–Crippen MR) is 88.1 cm³/mol. The summed E-state index contributed by atoms with van der Waals surface area (Å²) in [6.07, 6.45) is 2.76. The molecule has 1 aliphatic rings. The third-order valence-corrected chi connectivity index (χ3v) is 4.30. The molecule has 0 saturated carbocycles. The van der Waals surface area contributed by atoms with E-state index in [0.717, 1.165) is 36.6 Å². The lowest BCUT2D eigenvalue weighted by molar-refractivity contribution is 0.0546. The van der Waals surface area contributed by atoms with Crippen LogP contribution in [-0.4, -0.2) is 51.0 Å². The lowest BCUT2D eigenvalue weighted by Crippen LogP contribution is -2.45. The smallest absolute Gasteiger partial charge is 0.180 e. The fraction of sp³-hybridized carbons (Fsp3) is 0.471. The first-order chi connectivity index (χ1) is 11.2.